The van der Waals surface area contributed by atoms with Crippen molar-refractivity contribution in [3.63, 3.8) is 0 Å². The quantitative estimate of drug-likeness (QED) is 0.542. The molecule has 0 saturated heterocycles. The van der Waals surface area contributed by atoms with Gasteiger partial charge in [0.15, 0.2) is 0 Å². The molecule has 0 aliphatic heterocycles. The van der Waals surface area contributed by atoms with E-state index >= 15 is 0 Å². The Hall–Kier alpha value is -1.79. The summed E-state index contributed by atoms with van der Waals surface area (Å²) in [4.78, 5) is 10.7. The molecular formula is C12H22N3O3+. The van der Waals surface area contributed by atoms with E-state index in [1.54, 1.807) is 25.3 Å². The fourth-order valence-electron chi connectivity index (χ4n) is 1.14. The van der Waals surface area contributed by atoms with Crippen molar-refractivity contribution in [3.8, 4) is 5.75 Å². The molecule has 0 bridgehead atoms. The van der Waals surface area contributed by atoms with Crippen molar-refractivity contribution in [2.24, 2.45) is 0 Å². The predicted molar refractivity (Wildman–Crippen MR) is 71.5 cm³/mol. The lowest BCUT2D eigenvalue weighted by Gasteiger charge is -2.08. The molecule has 0 saturated carbocycles. The molecule has 0 heterocycles. The zero-order valence-electron chi connectivity index (χ0n) is 11.2. The molecule has 2 amide bonds. The van der Waals surface area contributed by atoms with Crippen molar-refractivity contribution < 1.29 is 20.0 Å². The Morgan fingerprint density at radius 2 is 2.06 bits per heavy atom. The van der Waals surface area contributed by atoms with Crippen LogP contribution in [0.2, 0.25) is 0 Å². The zero-order valence-corrected chi connectivity index (χ0v) is 11.2. The van der Waals surface area contributed by atoms with Crippen LogP contribution in [0.3, 0.4) is 0 Å². The number of carbonyl (C=O) groups is 1. The van der Waals surface area contributed by atoms with Gasteiger partial charge in [-0.3, -0.25) is 11.1 Å². The van der Waals surface area contributed by atoms with Crippen LogP contribution < -0.4 is 21.5 Å². The summed E-state index contributed by atoms with van der Waals surface area (Å²) in [6, 6.07) is 4.62. The predicted octanol–water partition coefficient (Wildman–Crippen LogP) is 1.09. The first-order valence-electron chi connectivity index (χ1n) is 5.77. The van der Waals surface area contributed by atoms with E-state index in [2.05, 4.69) is 11.1 Å². The minimum Gasteiger partial charge on any atom is -0.491 e. The van der Waals surface area contributed by atoms with Gasteiger partial charge in [0.05, 0.1) is 18.0 Å². The maximum Gasteiger partial charge on any atom is 0.416 e. The van der Waals surface area contributed by atoms with Gasteiger partial charge in [-0.1, -0.05) is 13.8 Å². The van der Waals surface area contributed by atoms with Gasteiger partial charge in [-0.2, -0.15) is 0 Å². The van der Waals surface area contributed by atoms with Crippen LogP contribution in [-0.2, 0) is 4.74 Å². The number of quaternary nitrogens is 1. The van der Waals surface area contributed by atoms with E-state index < -0.39 is 6.03 Å². The standard InChI is InChI=1S/C10H15N3O3.C2H6/c1-15-4-5-16-7-2-3-9(8(11)6-7)13-10(12)14;1-2/h2-3,6H,4-5,11H2,1H3,(H3,12,13,14);1-2H3/p+1. The van der Waals surface area contributed by atoms with Crippen LogP contribution in [0.15, 0.2) is 18.2 Å². The molecule has 0 aliphatic carbocycles. The minimum atomic E-state index is -0.403. The molecule has 0 atom stereocenters. The highest BCUT2D eigenvalue weighted by Gasteiger charge is 2.04. The molecule has 0 aromatic heterocycles. The molecular weight excluding hydrogens is 234 g/mol. The summed E-state index contributed by atoms with van der Waals surface area (Å²) in [5, 5.41) is 2.51. The van der Waals surface area contributed by atoms with E-state index in [1.807, 2.05) is 13.8 Å². The van der Waals surface area contributed by atoms with Gasteiger partial charge in [0.1, 0.15) is 12.4 Å². The largest absolute Gasteiger partial charge is 0.491 e. The molecule has 0 aliphatic rings. The summed E-state index contributed by atoms with van der Waals surface area (Å²) >= 11 is 0. The average Bonchev–Trinajstić information content (AvgIpc) is 2.35. The molecule has 102 valence electrons. The first kappa shape index (κ1) is 16.2. The summed E-state index contributed by atoms with van der Waals surface area (Å²) in [5.41, 5.74) is 9.89. The van der Waals surface area contributed by atoms with Crippen LogP contribution in [0.1, 0.15) is 13.8 Å². The van der Waals surface area contributed by atoms with Crippen molar-refractivity contribution in [1.29, 1.82) is 0 Å². The molecule has 6 nitrogen and oxygen atoms in total. The highest BCUT2D eigenvalue weighted by molar-refractivity contribution is 5.86. The van der Waals surface area contributed by atoms with Crippen LogP contribution in [-0.4, -0.2) is 26.4 Å². The molecule has 0 unspecified atom stereocenters. The molecule has 0 spiro atoms. The van der Waals surface area contributed by atoms with E-state index in [0.717, 1.165) is 0 Å². The lowest BCUT2D eigenvalue weighted by atomic mass is 10.2. The second-order valence-corrected chi connectivity index (χ2v) is 3.14. The van der Waals surface area contributed by atoms with Crippen LogP contribution in [0.25, 0.3) is 0 Å². The van der Waals surface area contributed by atoms with Crippen LogP contribution in [0.5, 0.6) is 5.75 Å². The molecule has 0 radical (unpaired) electrons. The maximum atomic E-state index is 10.7. The van der Waals surface area contributed by atoms with E-state index in [1.165, 1.54) is 0 Å². The second kappa shape index (κ2) is 9.26. The number of methoxy groups -OCH3 is 1. The Bertz CT molecular complexity index is 370. The normalized spacial score (nSPS) is 9.11. The zero-order chi connectivity index (χ0) is 14.0. The Balaban J connectivity index is 0.00000137. The van der Waals surface area contributed by atoms with E-state index in [-0.39, 0.29) is 0 Å². The topological polar surface area (TPSA) is 101 Å². The lowest BCUT2D eigenvalue weighted by Crippen LogP contribution is -2.59. The highest BCUT2D eigenvalue weighted by Crippen LogP contribution is 2.23. The Kier molecular flexibility index (Phi) is 8.34. The number of amides is 2. The third kappa shape index (κ3) is 6.07. The number of carbonyl (C=O) groups excluding carboxylic acids is 1. The molecule has 1 aromatic carbocycles. The molecule has 6 heteroatoms. The molecule has 0 fully saturated rings. The molecule has 6 N–H and O–H groups in total. The van der Waals surface area contributed by atoms with E-state index in [4.69, 9.17) is 15.2 Å². The van der Waals surface area contributed by atoms with Crippen molar-refractivity contribution >= 4 is 17.4 Å². The third-order valence-corrected chi connectivity index (χ3v) is 1.85. The van der Waals surface area contributed by atoms with Crippen LogP contribution in [0.4, 0.5) is 16.2 Å². The van der Waals surface area contributed by atoms with Gasteiger partial charge in [-0.25, -0.2) is 4.79 Å². The number of urea groups is 1. The molecule has 1 rings (SSSR count). The highest BCUT2D eigenvalue weighted by atomic mass is 16.5. The SMILES string of the molecule is CC.COCCOc1ccc(NC([NH3+])=O)c(N)c1. The lowest BCUT2D eigenvalue weighted by molar-refractivity contribution is -0.242. The monoisotopic (exact) mass is 256 g/mol. The summed E-state index contributed by atoms with van der Waals surface area (Å²) < 4.78 is 10.2. The van der Waals surface area contributed by atoms with Gasteiger partial charge < -0.3 is 15.2 Å². The number of nitrogen functional groups attached to an aromatic ring is 1. The molecule has 18 heavy (non-hydrogen) atoms. The first-order valence-corrected chi connectivity index (χ1v) is 5.77. The fraction of sp³-hybridized carbons (Fsp3) is 0.417. The summed E-state index contributed by atoms with van der Waals surface area (Å²) in [6.07, 6.45) is 0. The van der Waals surface area contributed by atoms with Crippen LogP contribution >= 0.6 is 0 Å². The number of anilines is 2. The minimum absolute atomic E-state index is 0.403. The number of ether oxygens (including phenoxy) is 2. The Morgan fingerprint density at radius 3 is 2.56 bits per heavy atom. The second-order valence-electron chi connectivity index (χ2n) is 3.14. The van der Waals surface area contributed by atoms with Gasteiger partial charge in [0, 0.05) is 13.2 Å². The molecule has 1 aromatic rings. The number of benzene rings is 1. The number of hydrogen-bond acceptors (Lipinski definition) is 4. The average molecular weight is 256 g/mol. The third-order valence-electron chi connectivity index (χ3n) is 1.85. The van der Waals surface area contributed by atoms with Gasteiger partial charge in [-0.05, 0) is 12.1 Å². The van der Waals surface area contributed by atoms with Crippen molar-refractivity contribution in [3.05, 3.63) is 18.2 Å². The van der Waals surface area contributed by atoms with Gasteiger partial charge >= 0.3 is 6.03 Å². The summed E-state index contributed by atoms with van der Waals surface area (Å²) in [5.74, 6) is 0.636. The number of rotatable bonds is 5. The van der Waals surface area contributed by atoms with E-state index in [0.29, 0.717) is 30.3 Å². The Morgan fingerprint density at radius 1 is 1.39 bits per heavy atom. The van der Waals surface area contributed by atoms with Gasteiger partial charge in [-0.15, -0.1) is 0 Å². The van der Waals surface area contributed by atoms with E-state index in [9.17, 15) is 4.79 Å². The van der Waals surface area contributed by atoms with Gasteiger partial charge in [0.25, 0.3) is 0 Å². The fourth-order valence-corrected chi connectivity index (χ4v) is 1.14. The maximum absolute atomic E-state index is 10.7. The Labute approximate surface area is 107 Å². The number of nitrogens with one attached hydrogen (secondary N) is 1. The van der Waals surface area contributed by atoms with Crippen molar-refractivity contribution in [1.82, 2.24) is 0 Å². The number of hydrogen-bond donors (Lipinski definition) is 3. The van der Waals surface area contributed by atoms with Gasteiger partial charge in [0.2, 0.25) is 0 Å². The summed E-state index contributed by atoms with van der Waals surface area (Å²) in [7, 11) is 1.60. The van der Waals surface area contributed by atoms with Crippen molar-refractivity contribution in [2.75, 3.05) is 31.4 Å². The smallest absolute Gasteiger partial charge is 0.416 e. The summed E-state index contributed by atoms with van der Waals surface area (Å²) in [6.45, 7) is 4.97. The number of nitrogens with two attached hydrogens (primary N) is 1. The van der Waals surface area contributed by atoms with Crippen LogP contribution in [0, 0.1) is 0 Å². The van der Waals surface area contributed by atoms with Crippen molar-refractivity contribution in [2.45, 2.75) is 13.8 Å². The first-order chi connectivity index (χ1) is 8.63.